The lowest BCUT2D eigenvalue weighted by molar-refractivity contribution is -0.103. The van der Waals surface area contributed by atoms with Crippen LogP contribution in [0.3, 0.4) is 0 Å². The second kappa shape index (κ2) is 8.53. The third-order valence-corrected chi connectivity index (χ3v) is 6.83. The fourth-order valence-corrected chi connectivity index (χ4v) is 5.41. The molecular formula is C25H31F2NO. The summed E-state index contributed by atoms with van der Waals surface area (Å²) in [5, 5.41) is 3.42. The molecule has 2 nitrogen and oxygen atoms in total. The van der Waals surface area contributed by atoms with Gasteiger partial charge in [0.1, 0.15) is 11.6 Å². The van der Waals surface area contributed by atoms with E-state index in [2.05, 4.69) is 36.5 Å². The first-order valence-electron chi connectivity index (χ1n) is 10.9. The number of hydrogen-bond acceptors (Lipinski definition) is 2. The zero-order chi connectivity index (χ0) is 20.3. The van der Waals surface area contributed by atoms with Crippen molar-refractivity contribution in [3.8, 4) is 0 Å². The first-order valence-corrected chi connectivity index (χ1v) is 10.9. The molecular weight excluding hydrogens is 368 g/mol. The van der Waals surface area contributed by atoms with Gasteiger partial charge in [0.05, 0.1) is 5.60 Å². The number of nitrogens with one attached hydrogen (secondary N) is 1. The second-order valence-electron chi connectivity index (χ2n) is 9.02. The molecule has 1 saturated carbocycles. The maximum absolute atomic E-state index is 13.4. The van der Waals surface area contributed by atoms with E-state index in [0.29, 0.717) is 12.1 Å². The SMILES string of the molecule is Cc1cccc([C@@]2(CCNCc3cc(F)cc(F)c3)CCOC3(CCCC3)C2)c1. The Hall–Kier alpha value is -1.78. The van der Waals surface area contributed by atoms with Crippen molar-refractivity contribution < 1.29 is 13.5 Å². The monoisotopic (exact) mass is 399 g/mol. The van der Waals surface area contributed by atoms with Crippen LogP contribution in [0.15, 0.2) is 42.5 Å². The number of ether oxygens (including phenoxy) is 1. The van der Waals surface area contributed by atoms with E-state index in [-0.39, 0.29) is 11.0 Å². The zero-order valence-corrected chi connectivity index (χ0v) is 17.3. The van der Waals surface area contributed by atoms with Crippen LogP contribution in [0.2, 0.25) is 0 Å². The Morgan fingerprint density at radius 3 is 2.48 bits per heavy atom. The summed E-state index contributed by atoms with van der Waals surface area (Å²) in [5.74, 6) is -1.05. The van der Waals surface area contributed by atoms with Gasteiger partial charge in [0.15, 0.2) is 0 Å². The zero-order valence-electron chi connectivity index (χ0n) is 17.3. The van der Waals surface area contributed by atoms with Crippen LogP contribution in [0.1, 0.15) is 61.6 Å². The molecule has 1 heterocycles. The van der Waals surface area contributed by atoms with Crippen molar-refractivity contribution in [3.05, 3.63) is 70.8 Å². The minimum atomic E-state index is -0.523. The predicted octanol–water partition coefficient (Wildman–Crippen LogP) is 5.81. The van der Waals surface area contributed by atoms with Crippen molar-refractivity contribution in [2.75, 3.05) is 13.2 Å². The summed E-state index contributed by atoms with van der Waals surface area (Å²) in [6.07, 6.45) is 7.93. The van der Waals surface area contributed by atoms with Gasteiger partial charge in [-0.1, -0.05) is 42.7 Å². The molecule has 0 bridgehead atoms. The van der Waals surface area contributed by atoms with E-state index in [0.717, 1.165) is 51.3 Å². The molecule has 0 radical (unpaired) electrons. The highest BCUT2D eigenvalue weighted by Gasteiger charge is 2.47. The van der Waals surface area contributed by atoms with E-state index in [1.165, 1.54) is 36.1 Å². The number of rotatable bonds is 6. The smallest absolute Gasteiger partial charge is 0.126 e. The van der Waals surface area contributed by atoms with Crippen LogP contribution in [0, 0.1) is 18.6 Å². The average molecular weight is 400 g/mol. The summed E-state index contributed by atoms with van der Waals surface area (Å²) in [6.45, 7) is 4.24. The molecule has 0 amide bonds. The topological polar surface area (TPSA) is 21.3 Å². The Bertz CT molecular complexity index is 826. The molecule has 1 aliphatic carbocycles. The predicted molar refractivity (Wildman–Crippen MR) is 112 cm³/mol. The van der Waals surface area contributed by atoms with Crippen LogP contribution < -0.4 is 5.32 Å². The average Bonchev–Trinajstić information content (AvgIpc) is 3.12. The molecule has 2 aromatic rings. The van der Waals surface area contributed by atoms with E-state index >= 15 is 0 Å². The van der Waals surface area contributed by atoms with Crippen LogP contribution >= 0.6 is 0 Å². The second-order valence-corrected chi connectivity index (χ2v) is 9.02. The molecule has 1 atom stereocenters. The van der Waals surface area contributed by atoms with Crippen LogP contribution in [-0.4, -0.2) is 18.8 Å². The summed E-state index contributed by atoms with van der Waals surface area (Å²) in [5.41, 5.74) is 3.47. The van der Waals surface area contributed by atoms with Crippen molar-refractivity contribution in [3.63, 3.8) is 0 Å². The van der Waals surface area contributed by atoms with Gasteiger partial charge < -0.3 is 10.1 Å². The summed E-state index contributed by atoms with van der Waals surface area (Å²) in [6, 6.07) is 12.6. The van der Waals surface area contributed by atoms with Gasteiger partial charge in [-0.05, 0) is 68.8 Å². The standard InChI is InChI=1S/C25H31F2NO/c1-19-5-4-6-21(13-19)24(10-12-29-25(18-24)7-2-3-8-25)9-11-28-17-20-14-22(26)16-23(27)15-20/h4-6,13-16,28H,2-3,7-12,17-18H2,1H3/t24-/m0/s1. The lowest BCUT2D eigenvalue weighted by atomic mass is 9.66. The Morgan fingerprint density at radius 1 is 1.00 bits per heavy atom. The minimum Gasteiger partial charge on any atom is -0.375 e. The van der Waals surface area contributed by atoms with Gasteiger partial charge in [0, 0.05) is 24.6 Å². The molecule has 1 aliphatic heterocycles. The summed E-state index contributed by atoms with van der Waals surface area (Å²) >= 11 is 0. The molecule has 1 saturated heterocycles. The molecule has 0 aromatic heterocycles. The highest BCUT2D eigenvalue weighted by Crippen LogP contribution is 2.50. The molecule has 2 aliphatic rings. The van der Waals surface area contributed by atoms with Gasteiger partial charge in [-0.15, -0.1) is 0 Å². The van der Waals surface area contributed by atoms with Gasteiger partial charge in [-0.2, -0.15) is 0 Å². The number of benzene rings is 2. The molecule has 156 valence electrons. The molecule has 1 spiro atoms. The Kier molecular flexibility index (Phi) is 6.03. The third kappa shape index (κ3) is 4.70. The fourth-order valence-electron chi connectivity index (χ4n) is 5.41. The maximum atomic E-state index is 13.4. The minimum absolute atomic E-state index is 0.0354. The van der Waals surface area contributed by atoms with E-state index in [1.54, 1.807) is 0 Å². The highest BCUT2D eigenvalue weighted by atomic mass is 19.1. The first kappa shape index (κ1) is 20.5. The largest absolute Gasteiger partial charge is 0.375 e. The van der Waals surface area contributed by atoms with Gasteiger partial charge in [-0.3, -0.25) is 0 Å². The number of halogens is 2. The maximum Gasteiger partial charge on any atom is 0.126 e. The first-order chi connectivity index (χ1) is 14.0. The lowest BCUT2D eigenvalue weighted by Gasteiger charge is -2.47. The van der Waals surface area contributed by atoms with Crippen LogP contribution in [0.4, 0.5) is 8.78 Å². The van der Waals surface area contributed by atoms with E-state index < -0.39 is 11.6 Å². The Labute approximate surface area is 172 Å². The molecule has 29 heavy (non-hydrogen) atoms. The van der Waals surface area contributed by atoms with Crippen LogP contribution in [0.25, 0.3) is 0 Å². The van der Waals surface area contributed by atoms with Gasteiger partial charge in [-0.25, -0.2) is 8.78 Å². The van der Waals surface area contributed by atoms with Crippen molar-refractivity contribution in [2.45, 2.75) is 69.4 Å². The number of aryl methyl sites for hydroxylation is 1. The van der Waals surface area contributed by atoms with Crippen molar-refractivity contribution in [1.29, 1.82) is 0 Å². The summed E-state index contributed by atoms with van der Waals surface area (Å²) in [7, 11) is 0. The van der Waals surface area contributed by atoms with Crippen molar-refractivity contribution in [2.24, 2.45) is 0 Å². The molecule has 2 fully saturated rings. The molecule has 4 rings (SSSR count). The van der Waals surface area contributed by atoms with Gasteiger partial charge in [0.2, 0.25) is 0 Å². The normalized spacial score (nSPS) is 23.6. The Morgan fingerprint density at radius 2 is 1.76 bits per heavy atom. The quantitative estimate of drug-likeness (QED) is 0.619. The van der Waals surface area contributed by atoms with E-state index in [1.807, 2.05) is 0 Å². The van der Waals surface area contributed by atoms with Crippen molar-refractivity contribution in [1.82, 2.24) is 5.32 Å². The molecule has 4 heteroatoms. The summed E-state index contributed by atoms with van der Waals surface area (Å²) < 4.78 is 33.2. The van der Waals surface area contributed by atoms with Gasteiger partial charge in [0.25, 0.3) is 0 Å². The third-order valence-electron chi connectivity index (χ3n) is 6.83. The Balaban J connectivity index is 1.48. The van der Waals surface area contributed by atoms with E-state index in [9.17, 15) is 8.78 Å². The van der Waals surface area contributed by atoms with E-state index in [4.69, 9.17) is 4.74 Å². The lowest BCUT2D eigenvalue weighted by Crippen LogP contribution is -2.47. The van der Waals surface area contributed by atoms with Gasteiger partial charge >= 0.3 is 0 Å². The molecule has 0 unspecified atom stereocenters. The fraction of sp³-hybridized carbons (Fsp3) is 0.520. The van der Waals surface area contributed by atoms with Crippen molar-refractivity contribution >= 4 is 0 Å². The van der Waals surface area contributed by atoms with Crippen LogP contribution in [0.5, 0.6) is 0 Å². The van der Waals surface area contributed by atoms with Crippen LogP contribution in [-0.2, 0) is 16.7 Å². The number of hydrogen-bond donors (Lipinski definition) is 1. The molecule has 2 aromatic carbocycles. The highest BCUT2D eigenvalue weighted by molar-refractivity contribution is 5.31. The summed E-state index contributed by atoms with van der Waals surface area (Å²) in [4.78, 5) is 0. The molecule has 1 N–H and O–H groups in total.